The fourth-order valence-corrected chi connectivity index (χ4v) is 1.70. The van der Waals surface area contributed by atoms with E-state index in [9.17, 15) is 14.9 Å². The van der Waals surface area contributed by atoms with Gasteiger partial charge in [0.05, 0.1) is 36.4 Å². The molecule has 0 radical (unpaired) electrons. The molecule has 1 saturated heterocycles. The molecule has 1 aliphatic rings. The Morgan fingerprint density at radius 3 is 3.05 bits per heavy atom. The van der Waals surface area contributed by atoms with Gasteiger partial charge in [0.1, 0.15) is 12.0 Å². The van der Waals surface area contributed by atoms with Gasteiger partial charge in [-0.15, -0.1) is 0 Å². The molecule has 1 unspecified atom stereocenters. The summed E-state index contributed by atoms with van der Waals surface area (Å²) in [4.78, 5) is 25.6. The lowest BCUT2D eigenvalue weighted by atomic mass is 10.2. The number of rotatable bonds is 4. The number of pyridine rings is 1. The van der Waals surface area contributed by atoms with Crippen LogP contribution in [0.1, 0.15) is 10.4 Å². The van der Waals surface area contributed by atoms with Gasteiger partial charge < -0.3 is 20.5 Å². The molecule has 1 fully saturated rings. The fraction of sp³-hybridized carbons (Fsp3) is 0.455. The Hall–Kier alpha value is -2.26. The van der Waals surface area contributed by atoms with Gasteiger partial charge in [0.15, 0.2) is 0 Å². The lowest BCUT2D eigenvalue weighted by Gasteiger charge is -2.23. The van der Waals surface area contributed by atoms with Gasteiger partial charge in [-0.25, -0.2) is 4.98 Å². The number of hydrogen-bond donors (Lipinski definition) is 2. The lowest BCUT2D eigenvalue weighted by molar-refractivity contribution is -0.385. The van der Waals surface area contributed by atoms with Crippen LogP contribution in [0.3, 0.4) is 0 Å². The highest BCUT2D eigenvalue weighted by Gasteiger charge is 2.19. The maximum Gasteiger partial charge on any atom is 0.288 e. The maximum absolute atomic E-state index is 11.9. The van der Waals surface area contributed by atoms with Crippen molar-refractivity contribution in [3.63, 3.8) is 0 Å². The number of nitrogen functional groups attached to an aromatic ring is 1. The van der Waals surface area contributed by atoms with E-state index < -0.39 is 10.8 Å². The standard InChI is InChI=1S/C11H14N4O5/c12-10-9(3-7(4-13-10)15(17)18)11(16)14-5-8-6-19-1-2-20-8/h3-4,8H,1-2,5-6H2,(H2,12,13)(H,14,16). The zero-order chi connectivity index (χ0) is 14.5. The summed E-state index contributed by atoms with van der Waals surface area (Å²) in [6, 6.07) is 1.09. The van der Waals surface area contributed by atoms with Crippen molar-refractivity contribution in [2.24, 2.45) is 0 Å². The molecule has 1 amide bonds. The van der Waals surface area contributed by atoms with Gasteiger partial charge in [-0.3, -0.25) is 14.9 Å². The number of amides is 1. The first-order valence-electron chi connectivity index (χ1n) is 5.95. The van der Waals surface area contributed by atoms with E-state index in [1.165, 1.54) is 0 Å². The zero-order valence-corrected chi connectivity index (χ0v) is 10.6. The average molecular weight is 282 g/mol. The molecule has 0 spiro atoms. The monoisotopic (exact) mass is 282 g/mol. The highest BCUT2D eigenvalue weighted by Crippen LogP contribution is 2.16. The summed E-state index contributed by atoms with van der Waals surface area (Å²) >= 11 is 0. The Balaban J connectivity index is 2.00. The van der Waals surface area contributed by atoms with Crippen LogP contribution in [-0.2, 0) is 9.47 Å². The molecule has 108 valence electrons. The molecule has 0 aromatic carbocycles. The molecule has 0 bridgehead atoms. The van der Waals surface area contributed by atoms with Crippen molar-refractivity contribution in [3.05, 3.63) is 27.9 Å². The molecule has 1 aliphatic heterocycles. The number of anilines is 1. The van der Waals surface area contributed by atoms with Crippen LogP contribution in [0.15, 0.2) is 12.3 Å². The summed E-state index contributed by atoms with van der Waals surface area (Å²) in [6.45, 7) is 1.64. The van der Waals surface area contributed by atoms with Crippen LogP contribution in [0.5, 0.6) is 0 Å². The Kier molecular flexibility index (Phi) is 4.43. The molecule has 2 heterocycles. The quantitative estimate of drug-likeness (QED) is 0.573. The SMILES string of the molecule is Nc1ncc([N+](=O)[O-])cc1C(=O)NCC1COCCO1. The van der Waals surface area contributed by atoms with E-state index >= 15 is 0 Å². The molecule has 0 aliphatic carbocycles. The third-order valence-corrected chi connectivity index (χ3v) is 2.73. The predicted octanol–water partition coefficient (Wildman–Crippen LogP) is -0.283. The van der Waals surface area contributed by atoms with Gasteiger partial charge in [-0.1, -0.05) is 0 Å². The van der Waals surface area contributed by atoms with E-state index in [2.05, 4.69) is 10.3 Å². The van der Waals surface area contributed by atoms with Crippen molar-refractivity contribution in [2.75, 3.05) is 32.1 Å². The van der Waals surface area contributed by atoms with Crippen molar-refractivity contribution in [3.8, 4) is 0 Å². The summed E-state index contributed by atoms with van der Waals surface area (Å²) in [6.07, 6.45) is 0.769. The molecule has 1 atom stereocenters. The van der Waals surface area contributed by atoms with Gasteiger partial charge >= 0.3 is 0 Å². The summed E-state index contributed by atoms with van der Waals surface area (Å²) in [5.74, 6) is -0.596. The lowest BCUT2D eigenvalue weighted by Crippen LogP contribution is -2.39. The Morgan fingerprint density at radius 2 is 2.40 bits per heavy atom. The van der Waals surface area contributed by atoms with Gasteiger partial charge in [0.2, 0.25) is 0 Å². The van der Waals surface area contributed by atoms with E-state index in [-0.39, 0.29) is 29.7 Å². The highest BCUT2D eigenvalue weighted by molar-refractivity contribution is 5.98. The molecule has 0 saturated carbocycles. The summed E-state index contributed by atoms with van der Waals surface area (Å²) in [7, 11) is 0. The number of carbonyl (C=O) groups is 1. The van der Waals surface area contributed by atoms with Crippen molar-refractivity contribution in [1.82, 2.24) is 10.3 Å². The number of ether oxygens (including phenoxy) is 2. The second-order valence-electron chi connectivity index (χ2n) is 4.16. The van der Waals surface area contributed by atoms with Gasteiger partial charge in [-0.2, -0.15) is 0 Å². The van der Waals surface area contributed by atoms with Crippen molar-refractivity contribution < 1.29 is 19.2 Å². The normalized spacial score (nSPS) is 18.5. The minimum Gasteiger partial charge on any atom is -0.383 e. The van der Waals surface area contributed by atoms with Crippen LogP contribution in [0, 0.1) is 10.1 Å². The van der Waals surface area contributed by atoms with Gasteiger partial charge in [0, 0.05) is 12.6 Å². The molecule has 9 nitrogen and oxygen atoms in total. The number of aromatic nitrogens is 1. The van der Waals surface area contributed by atoms with E-state index in [1.54, 1.807) is 0 Å². The molecule has 1 aromatic heterocycles. The number of nitrogens with two attached hydrogens (primary N) is 1. The molecule has 20 heavy (non-hydrogen) atoms. The Morgan fingerprint density at radius 1 is 1.60 bits per heavy atom. The van der Waals surface area contributed by atoms with Crippen LogP contribution < -0.4 is 11.1 Å². The van der Waals surface area contributed by atoms with Crippen LogP contribution in [0.4, 0.5) is 11.5 Å². The fourth-order valence-electron chi connectivity index (χ4n) is 1.70. The van der Waals surface area contributed by atoms with Crippen molar-refractivity contribution in [2.45, 2.75) is 6.10 Å². The molecule has 9 heteroatoms. The van der Waals surface area contributed by atoms with Gasteiger partial charge in [-0.05, 0) is 0 Å². The van der Waals surface area contributed by atoms with E-state index in [0.29, 0.717) is 19.8 Å². The van der Waals surface area contributed by atoms with Crippen LogP contribution >= 0.6 is 0 Å². The largest absolute Gasteiger partial charge is 0.383 e. The molecular weight excluding hydrogens is 268 g/mol. The molecule has 1 aromatic rings. The first-order chi connectivity index (χ1) is 9.58. The molecule has 2 rings (SSSR count). The minimum atomic E-state index is -0.638. The number of nitrogens with one attached hydrogen (secondary N) is 1. The second kappa shape index (κ2) is 6.26. The number of nitro groups is 1. The molecular formula is C11H14N4O5. The zero-order valence-electron chi connectivity index (χ0n) is 10.6. The Bertz CT molecular complexity index is 516. The topological polar surface area (TPSA) is 130 Å². The summed E-state index contributed by atoms with van der Waals surface area (Å²) in [5.41, 5.74) is 5.23. The molecule has 3 N–H and O–H groups in total. The van der Waals surface area contributed by atoms with E-state index in [0.717, 1.165) is 12.3 Å². The number of nitrogens with zero attached hydrogens (tertiary/aromatic N) is 2. The average Bonchev–Trinajstić information content (AvgIpc) is 2.46. The van der Waals surface area contributed by atoms with Crippen LogP contribution in [0.2, 0.25) is 0 Å². The smallest absolute Gasteiger partial charge is 0.288 e. The van der Waals surface area contributed by atoms with Crippen molar-refractivity contribution >= 4 is 17.4 Å². The number of hydrogen-bond acceptors (Lipinski definition) is 7. The number of carbonyl (C=O) groups excluding carboxylic acids is 1. The van der Waals surface area contributed by atoms with Crippen LogP contribution in [-0.4, -0.2) is 48.3 Å². The summed E-state index contributed by atoms with van der Waals surface area (Å²) in [5, 5.41) is 13.2. The van der Waals surface area contributed by atoms with Crippen LogP contribution in [0.25, 0.3) is 0 Å². The van der Waals surface area contributed by atoms with Gasteiger partial charge in [0.25, 0.3) is 11.6 Å². The first kappa shape index (κ1) is 14.2. The highest BCUT2D eigenvalue weighted by atomic mass is 16.6. The third kappa shape index (κ3) is 3.39. The Labute approximate surface area is 114 Å². The maximum atomic E-state index is 11.9. The third-order valence-electron chi connectivity index (χ3n) is 2.73. The van der Waals surface area contributed by atoms with E-state index in [1.807, 2.05) is 0 Å². The first-order valence-corrected chi connectivity index (χ1v) is 5.95. The second-order valence-corrected chi connectivity index (χ2v) is 4.16. The van der Waals surface area contributed by atoms with E-state index in [4.69, 9.17) is 15.2 Å². The van der Waals surface area contributed by atoms with Crippen molar-refractivity contribution in [1.29, 1.82) is 0 Å². The minimum absolute atomic E-state index is 0.0315. The predicted molar refractivity (Wildman–Crippen MR) is 68.2 cm³/mol. The summed E-state index contributed by atoms with van der Waals surface area (Å²) < 4.78 is 10.6.